The van der Waals surface area contributed by atoms with Gasteiger partial charge in [-0.25, -0.2) is 9.97 Å². The molecule has 0 saturated heterocycles. The van der Waals surface area contributed by atoms with Gasteiger partial charge in [0, 0.05) is 18.3 Å². The summed E-state index contributed by atoms with van der Waals surface area (Å²) < 4.78 is 10.5. The molecule has 0 bridgehead atoms. The molecule has 2 aromatic rings. The summed E-state index contributed by atoms with van der Waals surface area (Å²) in [6.07, 6.45) is 8.21. The van der Waals surface area contributed by atoms with E-state index in [1.54, 1.807) is 38.5 Å². The van der Waals surface area contributed by atoms with Crippen LogP contribution in [0.5, 0.6) is 11.5 Å². The van der Waals surface area contributed by atoms with Gasteiger partial charge in [0.05, 0.1) is 19.9 Å². The van der Waals surface area contributed by atoms with Crippen molar-refractivity contribution < 1.29 is 14.3 Å². The van der Waals surface area contributed by atoms with Crippen LogP contribution < -0.4 is 20.1 Å². The van der Waals surface area contributed by atoms with Gasteiger partial charge < -0.3 is 20.1 Å². The highest BCUT2D eigenvalue weighted by atomic mass is 16.5. The number of aryl methyl sites for hydroxylation is 1. The van der Waals surface area contributed by atoms with Crippen molar-refractivity contribution in [2.24, 2.45) is 0 Å². The SMILES string of the molecule is COc1ccc(OC)c(NC(=O)c2cc(C)nc(NCCC3=CCCCC3)n2)c1. The Balaban J connectivity index is 1.68. The molecule has 1 amide bonds. The third-order valence-corrected chi connectivity index (χ3v) is 4.86. The Hall–Kier alpha value is -3.09. The first-order valence-electron chi connectivity index (χ1n) is 9.90. The van der Waals surface area contributed by atoms with Gasteiger partial charge in [-0.05, 0) is 57.2 Å². The average Bonchev–Trinajstić information content (AvgIpc) is 2.74. The number of nitrogens with one attached hydrogen (secondary N) is 2. The van der Waals surface area contributed by atoms with Crippen molar-refractivity contribution in [2.45, 2.75) is 39.0 Å². The van der Waals surface area contributed by atoms with Gasteiger partial charge in [-0.2, -0.15) is 0 Å². The van der Waals surface area contributed by atoms with Gasteiger partial charge in [-0.1, -0.05) is 11.6 Å². The highest BCUT2D eigenvalue weighted by molar-refractivity contribution is 6.04. The number of ether oxygens (including phenoxy) is 2. The van der Waals surface area contributed by atoms with Gasteiger partial charge in [0.1, 0.15) is 17.2 Å². The van der Waals surface area contributed by atoms with Crippen LogP contribution in [0.15, 0.2) is 35.9 Å². The van der Waals surface area contributed by atoms with Gasteiger partial charge in [0.25, 0.3) is 5.91 Å². The Morgan fingerprint density at radius 1 is 1.14 bits per heavy atom. The van der Waals surface area contributed by atoms with Crippen LogP contribution in [-0.2, 0) is 0 Å². The number of nitrogens with zero attached hydrogens (tertiary/aromatic N) is 2. The van der Waals surface area contributed by atoms with Gasteiger partial charge >= 0.3 is 0 Å². The van der Waals surface area contributed by atoms with Crippen molar-refractivity contribution in [3.05, 3.63) is 47.3 Å². The molecule has 0 unspecified atom stereocenters. The Labute approximate surface area is 171 Å². The summed E-state index contributed by atoms with van der Waals surface area (Å²) in [6, 6.07) is 6.89. The van der Waals surface area contributed by atoms with Crippen LogP contribution in [-0.4, -0.2) is 36.6 Å². The van der Waals surface area contributed by atoms with E-state index >= 15 is 0 Å². The van der Waals surface area contributed by atoms with Crippen molar-refractivity contribution in [1.82, 2.24) is 9.97 Å². The molecule has 2 N–H and O–H groups in total. The van der Waals surface area contributed by atoms with Crippen LogP contribution in [0.25, 0.3) is 0 Å². The van der Waals surface area contributed by atoms with Gasteiger partial charge in [-0.3, -0.25) is 4.79 Å². The van der Waals surface area contributed by atoms with E-state index in [0.29, 0.717) is 28.8 Å². The molecule has 1 aliphatic carbocycles. The maximum absolute atomic E-state index is 12.8. The van der Waals surface area contributed by atoms with Gasteiger partial charge in [0.2, 0.25) is 5.95 Å². The molecule has 7 heteroatoms. The normalized spacial score (nSPS) is 13.4. The Morgan fingerprint density at radius 3 is 2.72 bits per heavy atom. The predicted molar refractivity (Wildman–Crippen MR) is 114 cm³/mol. The van der Waals surface area contributed by atoms with E-state index in [9.17, 15) is 4.79 Å². The van der Waals surface area contributed by atoms with Crippen molar-refractivity contribution in [3.63, 3.8) is 0 Å². The second-order valence-corrected chi connectivity index (χ2v) is 7.02. The number of carbonyl (C=O) groups is 1. The quantitative estimate of drug-likeness (QED) is 0.645. The van der Waals surface area contributed by atoms with Crippen molar-refractivity contribution in [2.75, 3.05) is 31.4 Å². The number of aromatic nitrogens is 2. The highest BCUT2D eigenvalue weighted by Crippen LogP contribution is 2.29. The minimum atomic E-state index is -0.333. The molecule has 0 radical (unpaired) electrons. The molecule has 3 rings (SSSR count). The first-order valence-corrected chi connectivity index (χ1v) is 9.90. The summed E-state index contributed by atoms with van der Waals surface area (Å²) in [6.45, 7) is 2.60. The standard InChI is InChI=1S/C22H28N4O3/c1-15-13-19(21(27)25-18-14-17(28-2)9-10-20(18)29-3)26-22(24-15)23-12-11-16-7-5-4-6-8-16/h7,9-10,13-14H,4-6,8,11-12H2,1-3H3,(H,25,27)(H,23,24,26). The molecule has 1 heterocycles. The third kappa shape index (κ3) is 5.70. The second-order valence-electron chi connectivity index (χ2n) is 7.02. The van der Waals surface area contributed by atoms with E-state index in [1.807, 2.05) is 6.92 Å². The molecule has 0 atom stereocenters. The highest BCUT2D eigenvalue weighted by Gasteiger charge is 2.14. The largest absolute Gasteiger partial charge is 0.497 e. The van der Waals surface area contributed by atoms with Crippen molar-refractivity contribution >= 4 is 17.5 Å². The summed E-state index contributed by atoms with van der Waals surface area (Å²) in [4.78, 5) is 21.6. The van der Waals surface area contributed by atoms with E-state index in [0.717, 1.165) is 18.7 Å². The van der Waals surface area contributed by atoms with E-state index in [2.05, 4.69) is 26.7 Å². The van der Waals surface area contributed by atoms with Gasteiger partial charge in [-0.15, -0.1) is 0 Å². The predicted octanol–water partition coefficient (Wildman–Crippen LogP) is 4.36. The summed E-state index contributed by atoms with van der Waals surface area (Å²) in [5.41, 5.74) is 3.02. The average molecular weight is 396 g/mol. The molecule has 1 aromatic heterocycles. The number of hydrogen-bond donors (Lipinski definition) is 2. The summed E-state index contributed by atoms with van der Waals surface area (Å²) in [5, 5.41) is 6.09. The number of methoxy groups -OCH3 is 2. The van der Waals surface area contributed by atoms with Crippen LogP contribution in [0.4, 0.5) is 11.6 Å². The lowest BCUT2D eigenvalue weighted by molar-refractivity contribution is 0.102. The maximum Gasteiger partial charge on any atom is 0.274 e. The zero-order valence-electron chi connectivity index (χ0n) is 17.2. The van der Waals surface area contributed by atoms with E-state index < -0.39 is 0 Å². The summed E-state index contributed by atoms with van der Waals surface area (Å²) >= 11 is 0. The smallest absolute Gasteiger partial charge is 0.274 e. The molecule has 1 aromatic carbocycles. The lowest BCUT2D eigenvalue weighted by Crippen LogP contribution is -2.17. The molecular formula is C22H28N4O3. The van der Waals surface area contributed by atoms with Crippen LogP contribution in [0.2, 0.25) is 0 Å². The molecule has 29 heavy (non-hydrogen) atoms. The Morgan fingerprint density at radius 2 is 2.00 bits per heavy atom. The number of anilines is 2. The molecule has 7 nitrogen and oxygen atoms in total. The molecule has 154 valence electrons. The fourth-order valence-electron chi connectivity index (χ4n) is 3.33. The monoisotopic (exact) mass is 396 g/mol. The number of allylic oxidation sites excluding steroid dienone is 1. The first-order chi connectivity index (χ1) is 14.1. The lowest BCUT2D eigenvalue weighted by Gasteiger charge is -2.14. The van der Waals surface area contributed by atoms with Crippen LogP contribution in [0.1, 0.15) is 48.3 Å². The topological polar surface area (TPSA) is 85.4 Å². The minimum Gasteiger partial charge on any atom is -0.497 e. The molecule has 0 aliphatic heterocycles. The summed E-state index contributed by atoms with van der Waals surface area (Å²) in [7, 11) is 3.12. The maximum atomic E-state index is 12.8. The number of amides is 1. The Bertz CT molecular complexity index is 896. The van der Waals surface area contributed by atoms with Crippen molar-refractivity contribution in [3.8, 4) is 11.5 Å². The van der Waals surface area contributed by atoms with Gasteiger partial charge in [0.15, 0.2) is 0 Å². The minimum absolute atomic E-state index is 0.293. The molecule has 1 aliphatic rings. The van der Waals surface area contributed by atoms with Crippen LogP contribution >= 0.6 is 0 Å². The molecule has 0 spiro atoms. The number of benzene rings is 1. The third-order valence-electron chi connectivity index (χ3n) is 4.86. The number of carbonyl (C=O) groups excluding carboxylic acids is 1. The van der Waals surface area contributed by atoms with E-state index in [-0.39, 0.29) is 5.91 Å². The zero-order valence-corrected chi connectivity index (χ0v) is 17.2. The fourth-order valence-corrected chi connectivity index (χ4v) is 3.33. The summed E-state index contributed by atoms with van der Waals surface area (Å²) in [5.74, 6) is 1.30. The Kier molecular flexibility index (Phi) is 7.05. The molecular weight excluding hydrogens is 368 g/mol. The van der Waals surface area contributed by atoms with E-state index in [1.165, 1.54) is 31.3 Å². The van der Waals surface area contributed by atoms with E-state index in [4.69, 9.17) is 9.47 Å². The molecule has 0 saturated carbocycles. The number of hydrogen-bond acceptors (Lipinski definition) is 6. The molecule has 0 fully saturated rings. The van der Waals surface area contributed by atoms with Crippen molar-refractivity contribution in [1.29, 1.82) is 0 Å². The lowest BCUT2D eigenvalue weighted by atomic mass is 9.97. The number of rotatable bonds is 8. The zero-order chi connectivity index (χ0) is 20.6. The first kappa shape index (κ1) is 20.6. The second kappa shape index (κ2) is 9.91. The fraction of sp³-hybridized carbons (Fsp3) is 0.409. The van der Waals surface area contributed by atoms with Crippen LogP contribution in [0, 0.1) is 6.92 Å². The van der Waals surface area contributed by atoms with Crippen LogP contribution in [0.3, 0.4) is 0 Å².